The van der Waals surface area contributed by atoms with E-state index in [1.165, 1.54) is 5.56 Å². The molecule has 1 rings (SSSR count). The summed E-state index contributed by atoms with van der Waals surface area (Å²) in [6.07, 6.45) is 0. The minimum absolute atomic E-state index is 0.0107. The Labute approximate surface area is 117 Å². The van der Waals surface area contributed by atoms with Gasteiger partial charge in [-0.05, 0) is 28.0 Å². The van der Waals surface area contributed by atoms with Crippen LogP contribution in [-0.2, 0) is 10.8 Å². The highest BCUT2D eigenvalue weighted by Gasteiger charge is 2.26. The summed E-state index contributed by atoms with van der Waals surface area (Å²) >= 11 is 0. The summed E-state index contributed by atoms with van der Waals surface area (Å²) in [5.74, 6) is 0.290. The van der Waals surface area contributed by atoms with Gasteiger partial charge in [0.05, 0.1) is 0 Å². The van der Waals surface area contributed by atoms with Crippen molar-refractivity contribution in [3.05, 3.63) is 28.8 Å². The van der Waals surface area contributed by atoms with Crippen LogP contribution in [0.25, 0.3) is 0 Å². The monoisotopic (exact) mass is 264 g/mol. The molecule has 3 heteroatoms. The smallest absolute Gasteiger partial charge is 0.124 e. The molecule has 3 nitrogen and oxygen atoms in total. The molecule has 0 saturated heterocycles. The van der Waals surface area contributed by atoms with Crippen LogP contribution in [0.4, 0.5) is 0 Å². The lowest BCUT2D eigenvalue weighted by Gasteiger charge is -2.28. The third-order valence-electron chi connectivity index (χ3n) is 3.47. The molecule has 5 N–H and O–H groups in total. The molecular formula is C16H28N2O. The van der Waals surface area contributed by atoms with Crippen molar-refractivity contribution in [1.29, 1.82) is 0 Å². The Balaban J connectivity index is 3.57. The van der Waals surface area contributed by atoms with Gasteiger partial charge in [-0.25, -0.2) is 0 Å². The van der Waals surface area contributed by atoms with Gasteiger partial charge >= 0.3 is 0 Å². The molecule has 0 fully saturated rings. The average molecular weight is 264 g/mol. The Morgan fingerprint density at radius 2 is 1.58 bits per heavy atom. The first-order valence-corrected chi connectivity index (χ1v) is 6.82. The van der Waals surface area contributed by atoms with Crippen LogP contribution >= 0.6 is 0 Å². The van der Waals surface area contributed by atoms with Crippen molar-refractivity contribution in [2.24, 2.45) is 11.5 Å². The normalized spacial score (nSPS) is 14.5. The Kier molecular flexibility index (Phi) is 4.33. The lowest BCUT2D eigenvalue weighted by Crippen LogP contribution is -2.24. The predicted octanol–water partition coefficient (Wildman–Crippen LogP) is 2.95. The Bertz CT molecular complexity index is 453. The Morgan fingerprint density at radius 3 is 1.95 bits per heavy atom. The van der Waals surface area contributed by atoms with Gasteiger partial charge in [0.15, 0.2) is 0 Å². The van der Waals surface area contributed by atoms with E-state index in [1.807, 2.05) is 6.07 Å². The van der Waals surface area contributed by atoms with Crippen LogP contribution in [0.15, 0.2) is 12.1 Å². The number of rotatable bonds is 2. The SMILES string of the molecule is CC(C)(C)c1cc([C@@H](N)CN)c(O)c(C(C)(C)C)c1. The molecule has 0 heterocycles. The fourth-order valence-electron chi connectivity index (χ4n) is 2.07. The van der Waals surface area contributed by atoms with Gasteiger partial charge in [0, 0.05) is 18.2 Å². The molecule has 0 aliphatic carbocycles. The van der Waals surface area contributed by atoms with E-state index in [-0.39, 0.29) is 16.9 Å². The molecule has 0 amide bonds. The highest BCUT2D eigenvalue weighted by molar-refractivity contribution is 5.50. The molecule has 1 atom stereocenters. The van der Waals surface area contributed by atoms with E-state index < -0.39 is 0 Å². The van der Waals surface area contributed by atoms with E-state index in [4.69, 9.17) is 11.5 Å². The Hall–Kier alpha value is -1.06. The van der Waals surface area contributed by atoms with Gasteiger partial charge in [-0.15, -0.1) is 0 Å². The van der Waals surface area contributed by atoms with Crippen molar-refractivity contribution in [2.45, 2.75) is 58.4 Å². The summed E-state index contributed by atoms with van der Waals surface area (Å²) in [5, 5.41) is 10.5. The predicted molar refractivity (Wildman–Crippen MR) is 81.5 cm³/mol. The number of hydrogen-bond donors (Lipinski definition) is 3. The van der Waals surface area contributed by atoms with E-state index in [1.54, 1.807) is 0 Å². The average Bonchev–Trinajstić information content (AvgIpc) is 2.25. The summed E-state index contributed by atoms with van der Waals surface area (Å²) in [6, 6.07) is 3.74. The van der Waals surface area contributed by atoms with Gasteiger partial charge in [0.1, 0.15) is 5.75 Å². The van der Waals surface area contributed by atoms with Gasteiger partial charge in [0.2, 0.25) is 0 Å². The van der Waals surface area contributed by atoms with Gasteiger partial charge in [-0.2, -0.15) is 0 Å². The maximum atomic E-state index is 10.5. The minimum atomic E-state index is -0.330. The molecule has 0 radical (unpaired) electrons. The lowest BCUT2D eigenvalue weighted by atomic mass is 9.78. The van der Waals surface area contributed by atoms with Gasteiger partial charge in [0.25, 0.3) is 0 Å². The second-order valence-electron chi connectivity index (χ2n) is 7.30. The zero-order chi connectivity index (χ0) is 15.0. The molecule has 0 aromatic heterocycles. The highest BCUT2D eigenvalue weighted by atomic mass is 16.3. The van der Waals surface area contributed by atoms with Crippen LogP contribution in [0.1, 0.15) is 64.3 Å². The zero-order valence-corrected chi connectivity index (χ0v) is 13.0. The third-order valence-corrected chi connectivity index (χ3v) is 3.47. The van der Waals surface area contributed by atoms with Crippen LogP contribution in [0.2, 0.25) is 0 Å². The summed E-state index contributed by atoms with van der Waals surface area (Å²) < 4.78 is 0. The molecule has 1 aromatic carbocycles. The van der Waals surface area contributed by atoms with Gasteiger partial charge in [-0.3, -0.25) is 0 Å². The molecule has 108 valence electrons. The van der Waals surface area contributed by atoms with E-state index >= 15 is 0 Å². The largest absolute Gasteiger partial charge is 0.507 e. The van der Waals surface area contributed by atoms with Crippen LogP contribution in [-0.4, -0.2) is 11.7 Å². The van der Waals surface area contributed by atoms with Gasteiger partial charge in [-0.1, -0.05) is 47.6 Å². The maximum absolute atomic E-state index is 10.5. The van der Waals surface area contributed by atoms with Crippen LogP contribution in [0.3, 0.4) is 0 Å². The number of phenols is 1. The second-order valence-corrected chi connectivity index (χ2v) is 7.30. The van der Waals surface area contributed by atoms with Crippen LogP contribution in [0.5, 0.6) is 5.75 Å². The van der Waals surface area contributed by atoms with Crippen molar-refractivity contribution in [2.75, 3.05) is 6.54 Å². The van der Waals surface area contributed by atoms with E-state index in [2.05, 4.69) is 47.6 Å². The maximum Gasteiger partial charge on any atom is 0.124 e. The van der Waals surface area contributed by atoms with Crippen molar-refractivity contribution in [1.82, 2.24) is 0 Å². The Morgan fingerprint density at radius 1 is 1.05 bits per heavy atom. The third kappa shape index (κ3) is 3.48. The molecule has 0 bridgehead atoms. The standard InChI is InChI=1S/C16H28N2O/c1-15(2,3)10-7-11(13(18)9-17)14(19)12(8-10)16(4,5)6/h7-8,13,19H,9,17-18H2,1-6H3/t13-/m0/s1. The zero-order valence-electron chi connectivity index (χ0n) is 13.0. The summed E-state index contributed by atoms with van der Waals surface area (Å²) in [6.45, 7) is 13.1. The van der Waals surface area contributed by atoms with Crippen molar-refractivity contribution < 1.29 is 5.11 Å². The number of nitrogens with two attached hydrogens (primary N) is 2. The van der Waals surface area contributed by atoms with Crippen molar-refractivity contribution in [3.8, 4) is 5.75 Å². The summed E-state index contributed by atoms with van der Waals surface area (Å²) in [7, 11) is 0. The quantitative estimate of drug-likeness (QED) is 0.769. The first kappa shape index (κ1) is 16.0. The first-order chi connectivity index (χ1) is 8.48. The number of benzene rings is 1. The number of hydrogen-bond acceptors (Lipinski definition) is 3. The second kappa shape index (κ2) is 5.14. The van der Waals surface area contributed by atoms with E-state index in [0.29, 0.717) is 12.3 Å². The van der Waals surface area contributed by atoms with E-state index in [0.717, 1.165) is 11.1 Å². The highest BCUT2D eigenvalue weighted by Crippen LogP contribution is 2.39. The summed E-state index contributed by atoms with van der Waals surface area (Å²) in [4.78, 5) is 0. The fourth-order valence-corrected chi connectivity index (χ4v) is 2.07. The molecule has 19 heavy (non-hydrogen) atoms. The molecule has 0 saturated carbocycles. The minimum Gasteiger partial charge on any atom is -0.507 e. The summed E-state index contributed by atoms with van der Waals surface area (Å²) in [5.41, 5.74) is 14.4. The van der Waals surface area contributed by atoms with Crippen molar-refractivity contribution in [3.63, 3.8) is 0 Å². The van der Waals surface area contributed by atoms with Crippen LogP contribution in [0, 0.1) is 0 Å². The van der Waals surface area contributed by atoms with Gasteiger partial charge < -0.3 is 16.6 Å². The molecular weight excluding hydrogens is 236 g/mol. The number of aromatic hydroxyl groups is 1. The van der Waals surface area contributed by atoms with Crippen molar-refractivity contribution >= 4 is 0 Å². The number of phenolic OH excluding ortho intramolecular Hbond substituents is 1. The topological polar surface area (TPSA) is 72.3 Å². The molecule has 0 spiro atoms. The molecule has 0 aliphatic rings. The molecule has 0 aliphatic heterocycles. The van der Waals surface area contributed by atoms with Crippen LogP contribution < -0.4 is 11.5 Å². The fraction of sp³-hybridized carbons (Fsp3) is 0.625. The van der Waals surface area contributed by atoms with E-state index in [9.17, 15) is 5.11 Å². The molecule has 0 unspecified atom stereocenters. The first-order valence-electron chi connectivity index (χ1n) is 6.82. The molecule has 1 aromatic rings. The lowest BCUT2D eigenvalue weighted by molar-refractivity contribution is 0.433.